The Hall–Kier alpha value is -4.15. The van der Waals surface area contributed by atoms with Gasteiger partial charge in [-0.1, -0.05) is 11.8 Å². The van der Waals surface area contributed by atoms with Gasteiger partial charge in [-0.2, -0.15) is 0 Å². The van der Waals surface area contributed by atoms with Crippen LogP contribution in [0.2, 0.25) is 0 Å². The number of hydroxylamine groups is 1. The van der Waals surface area contributed by atoms with Crippen LogP contribution in [0.15, 0.2) is 48.5 Å². The lowest BCUT2D eigenvalue weighted by molar-refractivity contribution is -0.138. The zero-order valence-corrected chi connectivity index (χ0v) is 22.5. The smallest absolute Gasteiger partial charge is 0.268 e. The van der Waals surface area contributed by atoms with Crippen LogP contribution in [0.25, 0.3) is 0 Å². The van der Waals surface area contributed by atoms with E-state index in [1.165, 1.54) is 0 Å². The molecule has 3 amide bonds. The number of hydrogen-bond donors (Lipinski definition) is 4. The van der Waals surface area contributed by atoms with Crippen LogP contribution in [-0.4, -0.2) is 66.2 Å². The second kappa shape index (κ2) is 14.0. The summed E-state index contributed by atoms with van der Waals surface area (Å²) < 4.78 is 5.76. The lowest BCUT2D eigenvalue weighted by Gasteiger charge is -2.30. The highest BCUT2D eigenvalue weighted by atomic mass is 16.5. The first-order valence-corrected chi connectivity index (χ1v) is 12.0. The number of likely N-dealkylation sites (N-methyl/N-ethyl adjacent to an activating group) is 1. The topological polar surface area (TPSA) is 120 Å². The van der Waals surface area contributed by atoms with Crippen molar-refractivity contribution >= 4 is 23.4 Å². The molecule has 0 aliphatic carbocycles. The molecule has 0 heterocycles. The molecule has 0 aliphatic rings. The van der Waals surface area contributed by atoms with Crippen LogP contribution in [0.3, 0.4) is 0 Å². The van der Waals surface area contributed by atoms with Gasteiger partial charge >= 0.3 is 0 Å². The molecule has 9 heteroatoms. The van der Waals surface area contributed by atoms with E-state index in [0.717, 1.165) is 5.56 Å². The van der Waals surface area contributed by atoms with Crippen molar-refractivity contribution in [1.82, 2.24) is 15.7 Å². The van der Waals surface area contributed by atoms with E-state index in [2.05, 4.69) is 34.3 Å². The van der Waals surface area contributed by atoms with Gasteiger partial charge in [0.2, 0.25) is 5.91 Å². The molecule has 0 bridgehead atoms. The van der Waals surface area contributed by atoms with Crippen molar-refractivity contribution in [2.24, 2.45) is 0 Å². The summed E-state index contributed by atoms with van der Waals surface area (Å²) in [6.07, 6.45) is -0.687. The molecule has 2 aromatic rings. The van der Waals surface area contributed by atoms with Crippen molar-refractivity contribution in [3.8, 4) is 23.7 Å². The van der Waals surface area contributed by atoms with Crippen LogP contribution in [0.5, 0.6) is 0 Å². The second-order valence-electron chi connectivity index (χ2n) is 9.80. The van der Waals surface area contributed by atoms with Gasteiger partial charge in [-0.05, 0) is 102 Å². The first kappa shape index (κ1) is 30.1. The number of carbonyl (C=O) groups excluding carboxylic acids is 3. The van der Waals surface area contributed by atoms with E-state index in [9.17, 15) is 14.4 Å². The first-order chi connectivity index (χ1) is 17.9. The first-order valence-electron chi connectivity index (χ1n) is 12.0. The molecule has 0 unspecified atom stereocenters. The van der Waals surface area contributed by atoms with Crippen molar-refractivity contribution in [3.63, 3.8) is 0 Å². The maximum Gasteiger partial charge on any atom is 0.268 e. The standard InChI is InChI=1S/C29H34N4O5/c1-20(38-29(2,3)4)26(28(36)32-37)31-27(35)23-15-11-21(12-16-23)9-7-8-10-22-13-17-24(18-14-22)30-25(34)19-33(5)6/h11-18,20,26,37H,19H2,1-6H3,(H,30,34)(H,31,35)(H,32,36)/t20-,26+/m1/s1. The van der Waals surface area contributed by atoms with Gasteiger partial charge in [0.1, 0.15) is 6.04 Å². The number of hydrogen-bond acceptors (Lipinski definition) is 6. The highest BCUT2D eigenvalue weighted by Gasteiger charge is 2.30. The zero-order valence-electron chi connectivity index (χ0n) is 22.5. The van der Waals surface area contributed by atoms with E-state index in [4.69, 9.17) is 9.94 Å². The minimum absolute atomic E-state index is 0.0946. The number of benzene rings is 2. The molecular formula is C29H34N4O5. The molecule has 0 aromatic heterocycles. The van der Waals surface area contributed by atoms with Gasteiger partial charge in [0.25, 0.3) is 11.8 Å². The third-order valence-corrected chi connectivity index (χ3v) is 4.94. The van der Waals surface area contributed by atoms with Crippen LogP contribution in [-0.2, 0) is 14.3 Å². The SMILES string of the molecule is C[C@@H](OC(C)(C)C)[C@H](NC(=O)c1ccc(C#CC#Cc2ccc(NC(=O)CN(C)C)cc2)cc1)C(=O)NO. The fourth-order valence-electron chi connectivity index (χ4n) is 3.35. The van der Waals surface area contributed by atoms with E-state index in [0.29, 0.717) is 23.4 Å². The summed E-state index contributed by atoms with van der Waals surface area (Å²) in [7, 11) is 3.65. The highest BCUT2D eigenvalue weighted by molar-refractivity contribution is 5.97. The van der Waals surface area contributed by atoms with Crippen LogP contribution in [0, 0.1) is 23.7 Å². The summed E-state index contributed by atoms with van der Waals surface area (Å²) in [5.74, 6) is 10.0. The maximum atomic E-state index is 12.7. The third kappa shape index (κ3) is 10.5. The fourth-order valence-corrected chi connectivity index (χ4v) is 3.35. The highest BCUT2D eigenvalue weighted by Crippen LogP contribution is 2.14. The Labute approximate surface area is 223 Å². The molecule has 200 valence electrons. The Balaban J connectivity index is 2.00. The normalized spacial score (nSPS) is 12.2. The summed E-state index contributed by atoms with van der Waals surface area (Å²) in [5.41, 5.74) is 3.44. The van der Waals surface area contributed by atoms with Crippen LogP contribution < -0.4 is 16.1 Å². The number of nitrogens with one attached hydrogen (secondary N) is 3. The minimum atomic E-state index is -1.09. The molecule has 38 heavy (non-hydrogen) atoms. The second-order valence-corrected chi connectivity index (χ2v) is 9.80. The molecule has 0 spiro atoms. The molecule has 2 rings (SSSR count). The molecule has 9 nitrogen and oxygen atoms in total. The molecule has 0 fully saturated rings. The largest absolute Gasteiger partial charge is 0.370 e. The van der Waals surface area contributed by atoms with Crippen LogP contribution >= 0.6 is 0 Å². The van der Waals surface area contributed by atoms with Gasteiger partial charge in [-0.25, -0.2) is 5.48 Å². The molecule has 0 radical (unpaired) electrons. The molecule has 0 saturated carbocycles. The summed E-state index contributed by atoms with van der Waals surface area (Å²) in [5, 5.41) is 14.5. The fraction of sp³-hybridized carbons (Fsp3) is 0.345. The average molecular weight is 519 g/mol. The summed E-state index contributed by atoms with van der Waals surface area (Å²) in [6.45, 7) is 7.43. The lowest BCUT2D eigenvalue weighted by Crippen LogP contribution is -2.53. The van der Waals surface area contributed by atoms with Crippen LogP contribution in [0.4, 0.5) is 5.69 Å². The number of rotatable bonds is 8. The average Bonchev–Trinajstić information content (AvgIpc) is 2.84. The Bertz CT molecular complexity index is 1240. The molecule has 0 aliphatic heterocycles. The molecule has 0 saturated heterocycles. The lowest BCUT2D eigenvalue weighted by atomic mass is 10.1. The van der Waals surface area contributed by atoms with Crippen molar-refractivity contribution < 1.29 is 24.3 Å². The van der Waals surface area contributed by atoms with E-state index >= 15 is 0 Å². The van der Waals surface area contributed by atoms with Gasteiger partial charge in [0.15, 0.2) is 0 Å². The number of ether oxygens (including phenoxy) is 1. The van der Waals surface area contributed by atoms with Crippen molar-refractivity contribution in [2.75, 3.05) is 26.0 Å². The number of amides is 3. The third-order valence-electron chi connectivity index (χ3n) is 4.94. The summed E-state index contributed by atoms with van der Waals surface area (Å²) in [6, 6.07) is 12.6. The zero-order chi connectivity index (χ0) is 28.3. The quantitative estimate of drug-likeness (QED) is 0.242. The predicted molar refractivity (Wildman–Crippen MR) is 145 cm³/mol. The van der Waals surface area contributed by atoms with Crippen molar-refractivity contribution in [1.29, 1.82) is 0 Å². The predicted octanol–water partition coefficient (Wildman–Crippen LogP) is 2.40. The molecule has 4 N–H and O–H groups in total. The van der Waals surface area contributed by atoms with Gasteiger partial charge in [-0.3, -0.25) is 19.6 Å². The number of nitrogens with zero attached hydrogens (tertiary/aromatic N) is 1. The monoisotopic (exact) mass is 518 g/mol. The summed E-state index contributed by atoms with van der Waals surface area (Å²) >= 11 is 0. The van der Waals surface area contributed by atoms with Crippen LogP contribution in [0.1, 0.15) is 49.2 Å². The Kier molecular flexibility index (Phi) is 11.1. The summed E-state index contributed by atoms with van der Waals surface area (Å²) in [4.78, 5) is 38.4. The number of carbonyl (C=O) groups is 3. The van der Waals surface area contributed by atoms with Crippen molar-refractivity contribution in [3.05, 3.63) is 65.2 Å². The molecule has 2 aromatic carbocycles. The van der Waals surface area contributed by atoms with Gasteiger partial charge in [0.05, 0.1) is 18.2 Å². The molecule has 2 atom stereocenters. The minimum Gasteiger partial charge on any atom is -0.370 e. The maximum absolute atomic E-state index is 12.7. The van der Waals surface area contributed by atoms with Gasteiger partial charge < -0.3 is 20.3 Å². The Morgan fingerprint density at radius 2 is 1.47 bits per heavy atom. The van der Waals surface area contributed by atoms with E-state index < -0.39 is 29.6 Å². The number of anilines is 1. The van der Waals surface area contributed by atoms with E-state index in [-0.39, 0.29) is 5.91 Å². The Morgan fingerprint density at radius 1 is 0.947 bits per heavy atom. The Morgan fingerprint density at radius 3 is 1.95 bits per heavy atom. The van der Waals surface area contributed by atoms with Gasteiger partial charge in [0, 0.05) is 22.4 Å². The van der Waals surface area contributed by atoms with E-state index in [1.54, 1.807) is 65.8 Å². The van der Waals surface area contributed by atoms with E-state index in [1.807, 2.05) is 34.9 Å². The van der Waals surface area contributed by atoms with Gasteiger partial charge in [-0.15, -0.1) is 0 Å². The molecular weight excluding hydrogens is 484 g/mol. The van der Waals surface area contributed by atoms with Crippen molar-refractivity contribution in [2.45, 2.75) is 45.4 Å².